The van der Waals surface area contributed by atoms with E-state index in [0.29, 0.717) is 6.04 Å². The second-order valence-electron chi connectivity index (χ2n) is 4.45. The van der Waals surface area contributed by atoms with Gasteiger partial charge in [-0.3, -0.25) is 4.90 Å². The van der Waals surface area contributed by atoms with E-state index in [9.17, 15) is 0 Å². The van der Waals surface area contributed by atoms with Crippen molar-refractivity contribution in [3.63, 3.8) is 0 Å². The molecule has 15 heavy (non-hydrogen) atoms. The Bertz CT molecular complexity index is 322. The van der Waals surface area contributed by atoms with Crippen LogP contribution in [-0.4, -0.2) is 31.6 Å². The van der Waals surface area contributed by atoms with E-state index in [0.717, 1.165) is 19.6 Å². The van der Waals surface area contributed by atoms with Crippen molar-refractivity contribution >= 4 is 0 Å². The van der Waals surface area contributed by atoms with Gasteiger partial charge >= 0.3 is 0 Å². The summed E-state index contributed by atoms with van der Waals surface area (Å²) in [6.45, 7) is 5.54. The molecule has 0 radical (unpaired) electrons. The number of nitrogens with zero attached hydrogens (tertiary/aromatic N) is 1. The SMILES string of the molecule is Cc1cccc(C2CCNCCN2C)c1. The van der Waals surface area contributed by atoms with Crippen LogP contribution in [0.2, 0.25) is 0 Å². The predicted octanol–water partition coefficient (Wildman–Crippen LogP) is 1.96. The summed E-state index contributed by atoms with van der Waals surface area (Å²) < 4.78 is 0. The molecule has 2 heteroatoms. The average molecular weight is 204 g/mol. The smallest absolute Gasteiger partial charge is 0.0357 e. The van der Waals surface area contributed by atoms with Crippen molar-refractivity contribution in [2.45, 2.75) is 19.4 Å². The molecule has 1 aliphatic rings. The van der Waals surface area contributed by atoms with E-state index in [-0.39, 0.29) is 0 Å². The van der Waals surface area contributed by atoms with Crippen molar-refractivity contribution in [3.8, 4) is 0 Å². The van der Waals surface area contributed by atoms with Gasteiger partial charge in [0.2, 0.25) is 0 Å². The molecule has 82 valence electrons. The molecule has 1 atom stereocenters. The Morgan fingerprint density at radius 2 is 2.20 bits per heavy atom. The summed E-state index contributed by atoms with van der Waals surface area (Å²) in [7, 11) is 2.22. The molecule has 1 fully saturated rings. The van der Waals surface area contributed by atoms with Gasteiger partial charge in [-0.05, 0) is 32.5 Å². The Hall–Kier alpha value is -0.860. The van der Waals surface area contributed by atoms with Gasteiger partial charge in [0.05, 0.1) is 0 Å². The minimum Gasteiger partial charge on any atom is -0.315 e. The largest absolute Gasteiger partial charge is 0.315 e. The van der Waals surface area contributed by atoms with Gasteiger partial charge in [-0.15, -0.1) is 0 Å². The van der Waals surface area contributed by atoms with Crippen LogP contribution in [-0.2, 0) is 0 Å². The number of benzene rings is 1. The second-order valence-corrected chi connectivity index (χ2v) is 4.45. The Morgan fingerprint density at radius 1 is 1.33 bits per heavy atom. The monoisotopic (exact) mass is 204 g/mol. The zero-order valence-corrected chi connectivity index (χ0v) is 9.66. The first-order valence-electron chi connectivity index (χ1n) is 5.75. The van der Waals surface area contributed by atoms with Crippen LogP contribution in [0.15, 0.2) is 24.3 Å². The zero-order chi connectivity index (χ0) is 10.7. The molecule has 1 aromatic rings. The maximum Gasteiger partial charge on any atom is 0.0357 e. The summed E-state index contributed by atoms with van der Waals surface area (Å²) in [5.74, 6) is 0. The molecular weight excluding hydrogens is 184 g/mol. The number of likely N-dealkylation sites (N-methyl/N-ethyl adjacent to an activating group) is 1. The van der Waals surface area contributed by atoms with Crippen molar-refractivity contribution in [3.05, 3.63) is 35.4 Å². The van der Waals surface area contributed by atoms with Gasteiger partial charge in [0.15, 0.2) is 0 Å². The lowest BCUT2D eigenvalue weighted by atomic mass is 10.0. The minimum absolute atomic E-state index is 0.583. The van der Waals surface area contributed by atoms with Gasteiger partial charge in [0.1, 0.15) is 0 Å². The Balaban J connectivity index is 2.20. The van der Waals surface area contributed by atoms with Crippen LogP contribution < -0.4 is 5.32 Å². The van der Waals surface area contributed by atoms with Gasteiger partial charge in [-0.2, -0.15) is 0 Å². The van der Waals surface area contributed by atoms with Crippen LogP contribution in [0.5, 0.6) is 0 Å². The summed E-state index contributed by atoms with van der Waals surface area (Å²) in [4.78, 5) is 2.45. The number of nitrogens with one attached hydrogen (secondary N) is 1. The van der Waals surface area contributed by atoms with E-state index in [1.54, 1.807) is 0 Å². The molecule has 1 aromatic carbocycles. The first-order valence-corrected chi connectivity index (χ1v) is 5.75. The fourth-order valence-corrected chi connectivity index (χ4v) is 2.29. The highest BCUT2D eigenvalue weighted by atomic mass is 15.2. The molecule has 1 heterocycles. The fourth-order valence-electron chi connectivity index (χ4n) is 2.29. The normalized spacial score (nSPS) is 23.7. The molecule has 0 saturated carbocycles. The zero-order valence-electron chi connectivity index (χ0n) is 9.66. The number of rotatable bonds is 1. The van der Waals surface area contributed by atoms with Crippen molar-refractivity contribution < 1.29 is 0 Å². The van der Waals surface area contributed by atoms with E-state index >= 15 is 0 Å². The predicted molar refractivity (Wildman–Crippen MR) is 64.0 cm³/mol. The van der Waals surface area contributed by atoms with Gasteiger partial charge in [0.25, 0.3) is 0 Å². The maximum absolute atomic E-state index is 3.45. The van der Waals surface area contributed by atoms with Crippen molar-refractivity contribution in [2.75, 3.05) is 26.7 Å². The highest BCUT2D eigenvalue weighted by Crippen LogP contribution is 2.24. The molecule has 1 N–H and O–H groups in total. The van der Waals surface area contributed by atoms with Crippen molar-refractivity contribution in [2.24, 2.45) is 0 Å². The molecule has 0 spiro atoms. The average Bonchev–Trinajstić information content (AvgIpc) is 2.43. The third-order valence-corrected chi connectivity index (χ3v) is 3.19. The third kappa shape index (κ3) is 2.58. The number of hydrogen-bond donors (Lipinski definition) is 1. The highest BCUT2D eigenvalue weighted by molar-refractivity contribution is 5.25. The summed E-state index contributed by atoms with van der Waals surface area (Å²) >= 11 is 0. The fraction of sp³-hybridized carbons (Fsp3) is 0.538. The number of hydrogen-bond acceptors (Lipinski definition) is 2. The van der Waals surface area contributed by atoms with Gasteiger partial charge in [-0.25, -0.2) is 0 Å². The lowest BCUT2D eigenvalue weighted by molar-refractivity contribution is 0.258. The first-order chi connectivity index (χ1) is 7.27. The van der Waals surface area contributed by atoms with E-state index in [1.165, 1.54) is 17.5 Å². The van der Waals surface area contributed by atoms with Gasteiger partial charge in [-0.1, -0.05) is 29.8 Å². The van der Waals surface area contributed by atoms with Crippen LogP contribution in [0.3, 0.4) is 0 Å². The van der Waals surface area contributed by atoms with Crippen molar-refractivity contribution in [1.82, 2.24) is 10.2 Å². The molecule has 0 bridgehead atoms. The first kappa shape index (κ1) is 10.7. The lowest BCUT2D eigenvalue weighted by Gasteiger charge is -2.25. The van der Waals surface area contributed by atoms with Crippen LogP contribution >= 0.6 is 0 Å². The van der Waals surface area contributed by atoms with E-state index in [1.807, 2.05) is 0 Å². The minimum atomic E-state index is 0.583. The Morgan fingerprint density at radius 3 is 3.00 bits per heavy atom. The quantitative estimate of drug-likeness (QED) is 0.752. The second kappa shape index (κ2) is 4.77. The van der Waals surface area contributed by atoms with Crippen LogP contribution in [0.4, 0.5) is 0 Å². The highest BCUT2D eigenvalue weighted by Gasteiger charge is 2.18. The topological polar surface area (TPSA) is 15.3 Å². The molecule has 2 rings (SSSR count). The molecule has 2 nitrogen and oxygen atoms in total. The van der Waals surface area contributed by atoms with Gasteiger partial charge < -0.3 is 5.32 Å². The summed E-state index contributed by atoms with van der Waals surface area (Å²) in [6, 6.07) is 9.47. The van der Waals surface area contributed by atoms with Crippen LogP contribution in [0, 0.1) is 6.92 Å². The summed E-state index contributed by atoms with van der Waals surface area (Å²) in [6.07, 6.45) is 1.21. The maximum atomic E-state index is 3.45. The Labute approximate surface area is 92.3 Å². The third-order valence-electron chi connectivity index (χ3n) is 3.19. The molecule has 1 saturated heterocycles. The molecule has 1 unspecified atom stereocenters. The molecule has 0 aromatic heterocycles. The van der Waals surface area contributed by atoms with Crippen molar-refractivity contribution in [1.29, 1.82) is 0 Å². The summed E-state index contributed by atoms with van der Waals surface area (Å²) in [5, 5.41) is 3.45. The standard InChI is InChI=1S/C13H20N2/c1-11-4-3-5-12(10-11)13-6-7-14-8-9-15(13)2/h3-5,10,13-14H,6-9H2,1-2H3. The molecule has 0 aliphatic carbocycles. The van der Waals surface area contributed by atoms with Gasteiger partial charge in [0, 0.05) is 19.1 Å². The molecular formula is C13H20N2. The Kier molecular flexibility index (Phi) is 3.39. The van der Waals surface area contributed by atoms with E-state index in [2.05, 4.69) is 48.5 Å². The van der Waals surface area contributed by atoms with Crippen LogP contribution in [0.1, 0.15) is 23.6 Å². The van der Waals surface area contributed by atoms with E-state index < -0.39 is 0 Å². The lowest BCUT2D eigenvalue weighted by Crippen LogP contribution is -2.26. The van der Waals surface area contributed by atoms with Crippen LogP contribution in [0.25, 0.3) is 0 Å². The summed E-state index contributed by atoms with van der Waals surface area (Å²) in [5.41, 5.74) is 2.82. The molecule has 1 aliphatic heterocycles. The van der Waals surface area contributed by atoms with E-state index in [4.69, 9.17) is 0 Å². The number of aryl methyl sites for hydroxylation is 1. The molecule has 0 amide bonds.